The smallest absolute Gasteiger partial charge is 0.744 e. The second-order valence-electron chi connectivity index (χ2n) is 4.07. The van der Waals surface area contributed by atoms with E-state index in [0.717, 1.165) is 6.92 Å². The van der Waals surface area contributed by atoms with Gasteiger partial charge >= 0.3 is 59.1 Å². The van der Waals surface area contributed by atoms with Crippen LogP contribution in [0.25, 0.3) is 0 Å². The number of hydrogen-bond donors (Lipinski definition) is 0. The van der Waals surface area contributed by atoms with Gasteiger partial charge in [0.05, 0.1) is 9.79 Å². The molecule has 0 unspecified atom stereocenters. The second-order valence-corrected chi connectivity index (χ2v) is 6.70. The summed E-state index contributed by atoms with van der Waals surface area (Å²) < 4.78 is 67.0. The fourth-order valence-electron chi connectivity index (χ4n) is 2.04. The average molecular weight is 338 g/mol. The van der Waals surface area contributed by atoms with Crippen molar-refractivity contribution in [1.29, 1.82) is 0 Å². The van der Waals surface area contributed by atoms with Gasteiger partial charge in [-0.15, -0.1) is 0 Å². The molecule has 0 aromatic heterocycles. The van der Waals surface area contributed by atoms with Crippen molar-refractivity contribution in [3.63, 3.8) is 0 Å². The molecular formula is C10H12Na2O6S2. The first-order chi connectivity index (χ1) is 7.89. The molecule has 0 aliphatic carbocycles. The van der Waals surface area contributed by atoms with Crippen molar-refractivity contribution in [3.8, 4) is 0 Å². The van der Waals surface area contributed by atoms with Crippen LogP contribution >= 0.6 is 0 Å². The van der Waals surface area contributed by atoms with Gasteiger partial charge in [-0.3, -0.25) is 0 Å². The third kappa shape index (κ3) is 4.52. The van der Waals surface area contributed by atoms with Gasteiger partial charge in [0.25, 0.3) is 0 Å². The molecule has 0 bridgehead atoms. The van der Waals surface area contributed by atoms with E-state index in [9.17, 15) is 25.9 Å². The summed E-state index contributed by atoms with van der Waals surface area (Å²) in [7, 11) is -9.68. The molecule has 0 spiro atoms. The summed E-state index contributed by atoms with van der Waals surface area (Å²) in [6.07, 6.45) is 0. The van der Waals surface area contributed by atoms with Crippen LogP contribution in [0.1, 0.15) is 22.3 Å². The Morgan fingerprint density at radius 1 is 0.600 bits per heavy atom. The molecule has 0 radical (unpaired) electrons. The Bertz CT molecular complexity index is 664. The minimum absolute atomic E-state index is 0. The summed E-state index contributed by atoms with van der Waals surface area (Å²) in [4.78, 5) is -1.25. The van der Waals surface area contributed by atoms with E-state index in [4.69, 9.17) is 0 Å². The fourth-order valence-corrected chi connectivity index (χ4v) is 4.11. The van der Waals surface area contributed by atoms with Crippen LogP contribution in [0.3, 0.4) is 0 Å². The maximum absolute atomic E-state index is 11.2. The van der Waals surface area contributed by atoms with Crippen LogP contribution in [0.4, 0.5) is 0 Å². The maximum atomic E-state index is 11.2. The van der Waals surface area contributed by atoms with Gasteiger partial charge in [0.1, 0.15) is 20.2 Å². The van der Waals surface area contributed by atoms with Gasteiger partial charge < -0.3 is 9.11 Å². The summed E-state index contributed by atoms with van der Waals surface area (Å²) in [5.74, 6) is 0. The largest absolute Gasteiger partial charge is 1.00 e. The zero-order valence-electron chi connectivity index (χ0n) is 12.3. The summed E-state index contributed by atoms with van der Waals surface area (Å²) in [6.45, 7) is 5.42. The van der Waals surface area contributed by atoms with Gasteiger partial charge in [-0.1, -0.05) is 0 Å². The standard InChI is InChI=1S/C10H14O6S2.2Na/c1-5-6(2)9(17(11,12)13)8(4)10(7(5)3)18(14,15)16;;/h1-4H3,(H,11,12,13)(H,14,15,16);;/q;2*+1/p-2. The number of benzene rings is 1. The molecule has 102 valence electrons. The van der Waals surface area contributed by atoms with Gasteiger partial charge in [-0.25, -0.2) is 16.8 Å². The van der Waals surface area contributed by atoms with Crippen molar-refractivity contribution < 1.29 is 85.1 Å². The van der Waals surface area contributed by atoms with Gasteiger partial charge in [-0.2, -0.15) is 0 Å². The van der Waals surface area contributed by atoms with Crippen molar-refractivity contribution >= 4 is 20.2 Å². The van der Waals surface area contributed by atoms with Crippen molar-refractivity contribution in [1.82, 2.24) is 0 Å². The predicted molar refractivity (Wildman–Crippen MR) is 61.3 cm³/mol. The maximum Gasteiger partial charge on any atom is 1.00 e. The van der Waals surface area contributed by atoms with Gasteiger partial charge in [-0.05, 0) is 49.9 Å². The van der Waals surface area contributed by atoms with E-state index in [1.807, 2.05) is 0 Å². The molecule has 0 amide bonds. The van der Waals surface area contributed by atoms with Crippen LogP contribution in [-0.4, -0.2) is 25.9 Å². The molecular weight excluding hydrogens is 326 g/mol. The van der Waals surface area contributed by atoms with Crippen molar-refractivity contribution in [2.75, 3.05) is 0 Å². The van der Waals surface area contributed by atoms with Crippen LogP contribution in [0, 0.1) is 27.7 Å². The minimum atomic E-state index is -4.84. The van der Waals surface area contributed by atoms with Crippen LogP contribution in [-0.2, 0) is 20.2 Å². The molecule has 0 fully saturated rings. The van der Waals surface area contributed by atoms with E-state index >= 15 is 0 Å². The molecule has 20 heavy (non-hydrogen) atoms. The minimum Gasteiger partial charge on any atom is -0.744 e. The van der Waals surface area contributed by atoms with Gasteiger partial charge in [0.2, 0.25) is 0 Å². The van der Waals surface area contributed by atoms with E-state index in [0.29, 0.717) is 5.56 Å². The predicted octanol–water partition coefficient (Wildman–Crippen LogP) is -5.26. The number of rotatable bonds is 2. The topological polar surface area (TPSA) is 114 Å². The zero-order chi connectivity index (χ0) is 14.5. The van der Waals surface area contributed by atoms with E-state index < -0.39 is 30.0 Å². The first-order valence-electron chi connectivity index (χ1n) is 4.91. The first-order valence-corrected chi connectivity index (χ1v) is 7.72. The zero-order valence-corrected chi connectivity index (χ0v) is 17.9. The van der Waals surface area contributed by atoms with E-state index in [1.165, 1.54) is 20.8 Å². The average Bonchev–Trinajstić information content (AvgIpc) is 2.09. The van der Waals surface area contributed by atoms with E-state index in [-0.39, 0.29) is 75.8 Å². The monoisotopic (exact) mass is 338 g/mol. The molecule has 10 heteroatoms. The molecule has 0 saturated carbocycles. The third-order valence-corrected chi connectivity index (χ3v) is 5.21. The SMILES string of the molecule is Cc1c(C)c(S(=O)(=O)[O-])c(C)c(S(=O)(=O)[O-])c1C.[Na+].[Na+]. The first kappa shape index (κ1) is 23.3. The Morgan fingerprint density at radius 3 is 1.05 bits per heavy atom. The molecule has 1 aromatic rings. The molecule has 0 heterocycles. The van der Waals surface area contributed by atoms with Gasteiger partial charge in [0, 0.05) is 0 Å². The van der Waals surface area contributed by atoms with Crippen molar-refractivity contribution in [3.05, 3.63) is 22.3 Å². The normalized spacial score (nSPS) is 11.5. The Morgan fingerprint density at radius 2 is 0.850 bits per heavy atom. The quantitative estimate of drug-likeness (QED) is 0.393. The number of hydrogen-bond acceptors (Lipinski definition) is 6. The molecule has 0 aliphatic rings. The van der Waals surface area contributed by atoms with Crippen LogP contribution in [0.2, 0.25) is 0 Å². The van der Waals surface area contributed by atoms with Crippen LogP contribution in [0.15, 0.2) is 9.79 Å². The third-order valence-electron chi connectivity index (χ3n) is 2.99. The summed E-state index contributed by atoms with van der Waals surface area (Å²) >= 11 is 0. The van der Waals surface area contributed by atoms with E-state index in [1.54, 1.807) is 0 Å². The summed E-state index contributed by atoms with van der Waals surface area (Å²) in [5.41, 5.74) is 0.352. The Kier molecular flexibility index (Phi) is 8.79. The van der Waals surface area contributed by atoms with Crippen molar-refractivity contribution in [2.24, 2.45) is 0 Å². The fraction of sp³-hybridized carbons (Fsp3) is 0.400. The van der Waals surface area contributed by atoms with Crippen LogP contribution in [0.5, 0.6) is 0 Å². The van der Waals surface area contributed by atoms with E-state index in [2.05, 4.69) is 0 Å². The Hall–Kier alpha value is 1.04. The molecule has 0 saturated heterocycles. The van der Waals surface area contributed by atoms with Crippen molar-refractivity contribution in [2.45, 2.75) is 37.5 Å². The molecule has 0 atom stereocenters. The Labute approximate surface area is 163 Å². The Balaban J connectivity index is 0. The van der Waals surface area contributed by atoms with Crippen LogP contribution < -0.4 is 59.1 Å². The summed E-state index contributed by atoms with van der Waals surface area (Å²) in [6, 6.07) is 0. The molecule has 1 aromatic carbocycles. The second kappa shape index (κ2) is 7.54. The summed E-state index contributed by atoms with van der Waals surface area (Å²) in [5, 5.41) is 0. The molecule has 0 aliphatic heterocycles. The molecule has 0 N–H and O–H groups in total. The van der Waals surface area contributed by atoms with Gasteiger partial charge in [0.15, 0.2) is 0 Å². The molecule has 1 rings (SSSR count). The molecule has 6 nitrogen and oxygen atoms in total.